The molecule has 0 spiro atoms. The van der Waals surface area contributed by atoms with Gasteiger partial charge in [-0.05, 0) is 12.5 Å². The zero-order chi connectivity index (χ0) is 11.4. The molecular weight excluding hydrogens is 214 g/mol. The Morgan fingerprint density at radius 3 is 2.67 bits per heavy atom. The molecule has 4 nitrogen and oxygen atoms in total. The second-order valence-corrected chi connectivity index (χ2v) is 4.32. The van der Waals surface area contributed by atoms with Gasteiger partial charge in [-0.2, -0.15) is 0 Å². The molecule has 2 N–H and O–H groups in total. The Morgan fingerprint density at radius 2 is 2.20 bits per heavy atom. The molecule has 0 saturated heterocycles. The molecule has 1 aromatic rings. The summed E-state index contributed by atoms with van der Waals surface area (Å²) in [6.07, 6.45) is 1.71. The first-order valence-corrected chi connectivity index (χ1v) is 5.49. The highest BCUT2D eigenvalue weighted by molar-refractivity contribution is 7.14. The molecule has 0 unspecified atom stereocenters. The van der Waals surface area contributed by atoms with Crippen LogP contribution in [-0.4, -0.2) is 17.0 Å². The van der Waals surface area contributed by atoms with Crippen molar-refractivity contribution in [3.05, 3.63) is 15.8 Å². The van der Waals surface area contributed by atoms with Gasteiger partial charge in [-0.15, -0.1) is 11.3 Å². The Morgan fingerprint density at radius 1 is 1.53 bits per heavy atom. The van der Waals surface area contributed by atoms with Crippen molar-refractivity contribution in [3.8, 4) is 0 Å². The topological polar surface area (TPSA) is 66.4 Å². The summed E-state index contributed by atoms with van der Waals surface area (Å²) in [5, 5.41) is 11.5. The first-order valence-electron chi connectivity index (χ1n) is 4.68. The number of carbonyl (C=O) groups is 2. The molecule has 0 fully saturated rings. The van der Waals surface area contributed by atoms with Crippen LogP contribution in [0.5, 0.6) is 0 Å². The highest BCUT2D eigenvalue weighted by atomic mass is 32.1. The van der Waals surface area contributed by atoms with Crippen molar-refractivity contribution >= 4 is 28.9 Å². The third-order valence-electron chi connectivity index (χ3n) is 1.81. The fraction of sp³-hybridized carbons (Fsp3) is 0.400. The van der Waals surface area contributed by atoms with Gasteiger partial charge in [0.25, 0.3) is 0 Å². The number of aryl methyl sites for hydroxylation is 1. The summed E-state index contributed by atoms with van der Waals surface area (Å²) in [5.41, 5.74) is 0.631. The zero-order valence-corrected chi connectivity index (χ0v) is 9.48. The van der Waals surface area contributed by atoms with Crippen LogP contribution in [0.3, 0.4) is 0 Å². The minimum atomic E-state index is -0.950. The number of rotatable bonds is 4. The van der Waals surface area contributed by atoms with Crippen LogP contribution in [0.4, 0.5) is 5.69 Å². The van der Waals surface area contributed by atoms with E-state index in [2.05, 4.69) is 5.32 Å². The molecule has 15 heavy (non-hydrogen) atoms. The molecule has 82 valence electrons. The van der Waals surface area contributed by atoms with E-state index in [9.17, 15) is 9.59 Å². The van der Waals surface area contributed by atoms with Gasteiger partial charge in [-0.3, -0.25) is 4.79 Å². The minimum absolute atomic E-state index is 0.179. The summed E-state index contributed by atoms with van der Waals surface area (Å²) < 4.78 is 0. The van der Waals surface area contributed by atoms with Crippen LogP contribution in [-0.2, 0) is 11.2 Å². The minimum Gasteiger partial charge on any atom is -0.477 e. The van der Waals surface area contributed by atoms with Gasteiger partial charge in [0.05, 0.1) is 5.69 Å². The van der Waals surface area contributed by atoms with Crippen LogP contribution in [0.2, 0.25) is 0 Å². The maximum atomic E-state index is 10.9. The normalized spacial score (nSPS) is 10.0. The first-order chi connectivity index (χ1) is 7.04. The van der Waals surface area contributed by atoms with E-state index in [1.807, 2.05) is 6.92 Å². The Labute approximate surface area is 91.9 Å². The van der Waals surface area contributed by atoms with Crippen molar-refractivity contribution in [2.75, 3.05) is 5.32 Å². The third kappa shape index (κ3) is 3.06. The summed E-state index contributed by atoms with van der Waals surface area (Å²) in [4.78, 5) is 22.8. The lowest BCUT2D eigenvalue weighted by molar-refractivity contribution is -0.114. The second kappa shape index (κ2) is 4.93. The Balaban J connectivity index is 2.99. The molecule has 0 aliphatic carbocycles. The molecule has 0 aliphatic heterocycles. The number of hydrogen-bond acceptors (Lipinski definition) is 3. The van der Waals surface area contributed by atoms with Crippen molar-refractivity contribution in [2.24, 2.45) is 0 Å². The van der Waals surface area contributed by atoms with Gasteiger partial charge in [-0.25, -0.2) is 4.79 Å². The zero-order valence-electron chi connectivity index (χ0n) is 8.66. The standard InChI is InChI=1S/C10H13NO3S/c1-3-4-8-7(11-6(2)12)5-9(15-8)10(13)14/h5H,3-4H2,1-2H3,(H,11,12)(H,13,14). The summed E-state index contributed by atoms with van der Waals surface area (Å²) in [6.45, 7) is 3.42. The largest absolute Gasteiger partial charge is 0.477 e. The van der Waals surface area contributed by atoms with Crippen molar-refractivity contribution in [3.63, 3.8) is 0 Å². The number of carboxylic acid groups (broad SMARTS) is 1. The van der Waals surface area contributed by atoms with Gasteiger partial charge >= 0.3 is 5.97 Å². The van der Waals surface area contributed by atoms with E-state index in [1.165, 1.54) is 24.3 Å². The first kappa shape index (κ1) is 11.7. The maximum Gasteiger partial charge on any atom is 0.345 e. The van der Waals surface area contributed by atoms with Crippen LogP contribution >= 0.6 is 11.3 Å². The molecule has 0 radical (unpaired) electrons. The van der Waals surface area contributed by atoms with Gasteiger partial charge in [-0.1, -0.05) is 13.3 Å². The molecule has 0 aliphatic rings. The molecule has 1 amide bonds. The van der Waals surface area contributed by atoms with Crippen molar-refractivity contribution < 1.29 is 14.7 Å². The highest BCUT2D eigenvalue weighted by Gasteiger charge is 2.13. The average molecular weight is 227 g/mol. The molecule has 1 heterocycles. The van der Waals surface area contributed by atoms with Crippen LogP contribution in [0, 0.1) is 0 Å². The van der Waals surface area contributed by atoms with Gasteiger partial charge in [0, 0.05) is 11.8 Å². The van der Waals surface area contributed by atoms with Crippen LogP contribution in [0.15, 0.2) is 6.07 Å². The van der Waals surface area contributed by atoms with E-state index in [-0.39, 0.29) is 10.8 Å². The smallest absolute Gasteiger partial charge is 0.345 e. The predicted octanol–water partition coefficient (Wildman–Crippen LogP) is 2.36. The fourth-order valence-electron chi connectivity index (χ4n) is 1.24. The number of carboxylic acids is 1. The van der Waals surface area contributed by atoms with Crippen molar-refractivity contribution in [1.29, 1.82) is 0 Å². The SMILES string of the molecule is CCCc1sc(C(=O)O)cc1NC(C)=O. The van der Waals surface area contributed by atoms with Gasteiger partial charge < -0.3 is 10.4 Å². The van der Waals surface area contributed by atoms with Crippen LogP contribution in [0.25, 0.3) is 0 Å². The average Bonchev–Trinajstić information content (AvgIpc) is 2.48. The van der Waals surface area contributed by atoms with Crippen LogP contribution in [0.1, 0.15) is 34.8 Å². The third-order valence-corrected chi connectivity index (χ3v) is 2.99. The second-order valence-electron chi connectivity index (χ2n) is 3.18. The predicted molar refractivity (Wildman–Crippen MR) is 59.6 cm³/mol. The highest BCUT2D eigenvalue weighted by Crippen LogP contribution is 2.28. The summed E-state index contributed by atoms with van der Waals surface area (Å²) in [5.74, 6) is -1.13. The van der Waals surface area contributed by atoms with E-state index >= 15 is 0 Å². The lowest BCUT2D eigenvalue weighted by atomic mass is 10.2. The number of aromatic carboxylic acids is 1. The molecule has 0 bridgehead atoms. The number of nitrogens with one attached hydrogen (secondary N) is 1. The van der Waals surface area contributed by atoms with Gasteiger partial charge in [0.2, 0.25) is 5.91 Å². The molecular formula is C10H13NO3S. The molecule has 1 rings (SSSR count). The molecule has 0 atom stereocenters. The van der Waals surface area contributed by atoms with Crippen molar-refractivity contribution in [2.45, 2.75) is 26.7 Å². The number of carbonyl (C=O) groups excluding carboxylic acids is 1. The summed E-state index contributed by atoms with van der Waals surface area (Å²) in [6, 6.07) is 1.51. The number of anilines is 1. The monoisotopic (exact) mass is 227 g/mol. The summed E-state index contributed by atoms with van der Waals surface area (Å²) >= 11 is 1.22. The van der Waals surface area contributed by atoms with E-state index in [4.69, 9.17) is 5.11 Å². The van der Waals surface area contributed by atoms with E-state index < -0.39 is 5.97 Å². The van der Waals surface area contributed by atoms with E-state index in [0.29, 0.717) is 5.69 Å². The quantitative estimate of drug-likeness (QED) is 0.829. The molecule has 0 saturated carbocycles. The Kier molecular flexibility index (Phi) is 3.85. The van der Waals surface area contributed by atoms with E-state index in [1.54, 1.807) is 0 Å². The number of hydrogen-bond donors (Lipinski definition) is 2. The van der Waals surface area contributed by atoms with Gasteiger partial charge in [0.1, 0.15) is 4.88 Å². The maximum absolute atomic E-state index is 10.9. The number of amides is 1. The molecule has 5 heteroatoms. The number of thiophene rings is 1. The summed E-state index contributed by atoms with van der Waals surface area (Å²) in [7, 11) is 0. The fourth-order valence-corrected chi connectivity index (χ4v) is 2.30. The van der Waals surface area contributed by atoms with Crippen molar-refractivity contribution in [1.82, 2.24) is 0 Å². The van der Waals surface area contributed by atoms with E-state index in [0.717, 1.165) is 17.7 Å². The lowest BCUT2D eigenvalue weighted by Crippen LogP contribution is -2.06. The molecule has 1 aromatic heterocycles. The van der Waals surface area contributed by atoms with Crippen LogP contribution < -0.4 is 5.32 Å². The Bertz CT molecular complexity index is 384. The molecule has 0 aromatic carbocycles. The Hall–Kier alpha value is -1.36. The van der Waals surface area contributed by atoms with Gasteiger partial charge in [0.15, 0.2) is 0 Å². The lowest BCUT2D eigenvalue weighted by Gasteiger charge is -2.01.